The number of amides is 1. The number of hydrogen-bond donors (Lipinski definition) is 2. The average molecular weight is 272 g/mol. The highest BCUT2D eigenvalue weighted by atomic mass is 19.1. The number of rotatable bonds is 4. The maximum Gasteiger partial charge on any atom is 0.253 e. The van der Waals surface area contributed by atoms with E-state index in [0.29, 0.717) is 12.1 Å². The molecule has 3 nitrogen and oxygen atoms in total. The van der Waals surface area contributed by atoms with Crippen molar-refractivity contribution in [1.82, 2.24) is 5.32 Å². The number of para-hydroxylation sites is 1. The molecule has 2 N–H and O–H groups in total. The second-order valence-corrected chi connectivity index (χ2v) is 4.58. The fraction of sp³-hybridized carbons (Fsp3) is 0.188. The van der Waals surface area contributed by atoms with Gasteiger partial charge in [-0.3, -0.25) is 4.79 Å². The van der Waals surface area contributed by atoms with Gasteiger partial charge in [0.15, 0.2) is 0 Å². The summed E-state index contributed by atoms with van der Waals surface area (Å²) in [6.45, 7) is 2.42. The van der Waals surface area contributed by atoms with Gasteiger partial charge in [-0.15, -0.1) is 0 Å². The Bertz CT molecular complexity index is 608. The van der Waals surface area contributed by atoms with Crippen LogP contribution in [0.4, 0.5) is 10.1 Å². The van der Waals surface area contributed by atoms with Crippen LogP contribution in [0.15, 0.2) is 42.5 Å². The molecule has 0 spiro atoms. The summed E-state index contributed by atoms with van der Waals surface area (Å²) in [5.41, 5.74) is 2.70. The molecule has 0 unspecified atom stereocenters. The molecular weight excluding hydrogens is 255 g/mol. The van der Waals surface area contributed by atoms with Gasteiger partial charge in [-0.05, 0) is 24.6 Å². The van der Waals surface area contributed by atoms with Crippen LogP contribution in [0.1, 0.15) is 21.5 Å². The van der Waals surface area contributed by atoms with E-state index in [2.05, 4.69) is 10.6 Å². The lowest BCUT2D eigenvalue weighted by molar-refractivity contribution is 0.0951. The van der Waals surface area contributed by atoms with Gasteiger partial charge >= 0.3 is 0 Å². The Hall–Kier alpha value is -2.36. The fourth-order valence-corrected chi connectivity index (χ4v) is 1.95. The van der Waals surface area contributed by atoms with E-state index in [4.69, 9.17) is 0 Å². The van der Waals surface area contributed by atoms with E-state index < -0.39 is 5.82 Å². The molecule has 4 heteroatoms. The lowest BCUT2D eigenvalue weighted by atomic mass is 10.1. The van der Waals surface area contributed by atoms with Gasteiger partial charge in [0.25, 0.3) is 5.91 Å². The molecule has 0 aliphatic carbocycles. The van der Waals surface area contributed by atoms with Crippen molar-refractivity contribution in [2.45, 2.75) is 13.5 Å². The van der Waals surface area contributed by atoms with Crippen molar-refractivity contribution in [3.8, 4) is 0 Å². The van der Waals surface area contributed by atoms with E-state index in [1.54, 1.807) is 13.1 Å². The van der Waals surface area contributed by atoms with E-state index in [9.17, 15) is 9.18 Å². The van der Waals surface area contributed by atoms with Crippen LogP contribution < -0.4 is 10.6 Å². The number of halogens is 1. The molecule has 1 amide bonds. The molecule has 0 aromatic heterocycles. The minimum Gasteiger partial charge on any atom is -0.385 e. The Morgan fingerprint density at radius 1 is 1.15 bits per heavy atom. The maximum atomic E-state index is 13.6. The van der Waals surface area contributed by atoms with Crippen LogP contribution in [0.3, 0.4) is 0 Å². The summed E-state index contributed by atoms with van der Waals surface area (Å²) in [4.78, 5) is 12.1. The maximum absolute atomic E-state index is 13.6. The monoisotopic (exact) mass is 272 g/mol. The third-order valence-electron chi connectivity index (χ3n) is 3.08. The van der Waals surface area contributed by atoms with E-state index in [1.807, 2.05) is 31.2 Å². The minimum absolute atomic E-state index is 0.217. The molecule has 0 atom stereocenters. The zero-order valence-corrected chi connectivity index (χ0v) is 11.5. The zero-order valence-electron chi connectivity index (χ0n) is 11.5. The summed E-state index contributed by atoms with van der Waals surface area (Å²) >= 11 is 0. The second kappa shape index (κ2) is 6.19. The highest BCUT2D eigenvalue weighted by molar-refractivity contribution is 5.99. The number of anilines is 1. The first kappa shape index (κ1) is 14.1. The molecule has 2 aromatic rings. The smallest absolute Gasteiger partial charge is 0.253 e. The van der Waals surface area contributed by atoms with Gasteiger partial charge in [-0.2, -0.15) is 0 Å². The Morgan fingerprint density at radius 2 is 1.85 bits per heavy atom. The SMILES string of the molecule is CNc1c(F)cccc1C(=O)NCc1ccc(C)cc1. The molecule has 0 saturated heterocycles. The van der Waals surface area contributed by atoms with Gasteiger partial charge < -0.3 is 10.6 Å². The van der Waals surface area contributed by atoms with Gasteiger partial charge in [0.05, 0.1) is 11.3 Å². The van der Waals surface area contributed by atoms with Gasteiger partial charge in [-0.25, -0.2) is 4.39 Å². The molecule has 0 aliphatic rings. The van der Waals surface area contributed by atoms with Crippen LogP contribution in [0.25, 0.3) is 0 Å². The van der Waals surface area contributed by atoms with E-state index >= 15 is 0 Å². The second-order valence-electron chi connectivity index (χ2n) is 4.58. The normalized spacial score (nSPS) is 10.2. The molecule has 2 aromatic carbocycles. The minimum atomic E-state index is -0.435. The molecule has 0 saturated carbocycles. The largest absolute Gasteiger partial charge is 0.385 e. The number of benzene rings is 2. The molecule has 0 aliphatic heterocycles. The Labute approximate surface area is 117 Å². The van der Waals surface area contributed by atoms with E-state index in [1.165, 1.54) is 17.7 Å². The first-order valence-corrected chi connectivity index (χ1v) is 6.42. The highest BCUT2D eigenvalue weighted by Gasteiger charge is 2.13. The summed E-state index contributed by atoms with van der Waals surface area (Å²) in [6.07, 6.45) is 0. The quantitative estimate of drug-likeness (QED) is 0.898. The Morgan fingerprint density at radius 3 is 2.50 bits per heavy atom. The summed E-state index contributed by atoms with van der Waals surface area (Å²) in [5, 5.41) is 5.51. The average Bonchev–Trinajstić information content (AvgIpc) is 2.46. The number of hydrogen-bond acceptors (Lipinski definition) is 2. The standard InChI is InChI=1S/C16H17FN2O/c1-11-6-8-12(9-7-11)10-19-16(20)13-4-3-5-14(17)15(13)18-2/h3-9,18H,10H2,1-2H3,(H,19,20). The van der Waals surface area contributed by atoms with Crippen LogP contribution in [0.2, 0.25) is 0 Å². The van der Waals surface area contributed by atoms with Crippen molar-refractivity contribution in [2.24, 2.45) is 0 Å². The van der Waals surface area contributed by atoms with Crippen molar-refractivity contribution >= 4 is 11.6 Å². The Kier molecular flexibility index (Phi) is 4.35. The summed E-state index contributed by atoms with van der Waals surface area (Å²) < 4.78 is 13.6. The number of carbonyl (C=O) groups excluding carboxylic acids is 1. The molecule has 0 fully saturated rings. The predicted octanol–water partition coefficient (Wildman–Crippen LogP) is 3.11. The zero-order chi connectivity index (χ0) is 14.5. The van der Waals surface area contributed by atoms with Crippen LogP contribution in [-0.2, 0) is 6.54 Å². The lowest BCUT2D eigenvalue weighted by Crippen LogP contribution is -2.24. The van der Waals surface area contributed by atoms with Crippen molar-refractivity contribution in [3.63, 3.8) is 0 Å². The van der Waals surface area contributed by atoms with Gasteiger partial charge in [0.2, 0.25) is 0 Å². The lowest BCUT2D eigenvalue weighted by Gasteiger charge is -2.10. The Balaban J connectivity index is 2.09. The number of nitrogens with one attached hydrogen (secondary N) is 2. The summed E-state index contributed by atoms with van der Waals surface area (Å²) in [7, 11) is 1.59. The third-order valence-corrected chi connectivity index (χ3v) is 3.08. The molecule has 0 bridgehead atoms. The molecule has 2 rings (SSSR count). The summed E-state index contributed by atoms with van der Waals surface area (Å²) in [5.74, 6) is -0.732. The van der Waals surface area contributed by atoms with Crippen molar-refractivity contribution in [3.05, 3.63) is 65.0 Å². The number of aryl methyl sites for hydroxylation is 1. The summed E-state index contributed by atoms with van der Waals surface area (Å²) in [6, 6.07) is 12.3. The molecule has 104 valence electrons. The molecule has 0 heterocycles. The van der Waals surface area contributed by atoms with Crippen LogP contribution >= 0.6 is 0 Å². The van der Waals surface area contributed by atoms with E-state index in [0.717, 1.165) is 5.56 Å². The highest BCUT2D eigenvalue weighted by Crippen LogP contribution is 2.19. The van der Waals surface area contributed by atoms with Gasteiger partial charge in [-0.1, -0.05) is 35.9 Å². The third kappa shape index (κ3) is 3.15. The molecular formula is C16H17FN2O. The van der Waals surface area contributed by atoms with Crippen molar-refractivity contribution in [2.75, 3.05) is 12.4 Å². The van der Waals surface area contributed by atoms with Gasteiger partial charge in [0.1, 0.15) is 5.82 Å². The first-order chi connectivity index (χ1) is 9.61. The topological polar surface area (TPSA) is 41.1 Å². The predicted molar refractivity (Wildman–Crippen MR) is 78.3 cm³/mol. The fourth-order valence-electron chi connectivity index (χ4n) is 1.95. The molecule has 0 radical (unpaired) electrons. The van der Waals surface area contributed by atoms with Crippen LogP contribution in [-0.4, -0.2) is 13.0 Å². The van der Waals surface area contributed by atoms with Crippen molar-refractivity contribution in [1.29, 1.82) is 0 Å². The van der Waals surface area contributed by atoms with Crippen LogP contribution in [0.5, 0.6) is 0 Å². The van der Waals surface area contributed by atoms with Crippen LogP contribution in [0, 0.1) is 12.7 Å². The van der Waals surface area contributed by atoms with Gasteiger partial charge in [0, 0.05) is 13.6 Å². The number of carbonyl (C=O) groups is 1. The molecule has 20 heavy (non-hydrogen) atoms. The first-order valence-electron chi connectivity index (χ1n) is 6.42. The van der Waals surface area contributed by atoms with Crippen molar-refractivity contribution < 1.29 is 9.18 Å². The van der Waals surface area contributed by atoms with E-state index in [-0.39, 0.29) is 11.6 Å².